The molecule has 8 atom stereocenters. The zero-order valence-corrected chi connectivity index (χ0v) is 38.8. The Kier molecular flexibility index (Phi) is 33.0. The summed E-state index contributed by atoms with van der Waals surface area (Å²) in [4.78, 5) is 52.9. The zero-order valence-electron chi connectivity index (χ0n) is 37.0. The van der Waals surface area contributed by atoms with Crippen molar-refractivity contribution in [2.24, 2.45) is 11.8 Å². The van der Waals surface area contributed by atoms with Gasteiger partial charge in [-0.3, -0.25) is 23.2 Å². The van der Waals surface area contributed by atoms with Crippen LogP contribution < -0.4 is 0 Å². The zero-order chi connectivity index (χ0) is 46.1. The summed E-state index contributed by atoms with van der Waals surface area (Å²) in [7, 11) is -9.78. The number of aliphatic hydroxyl groups is 4. The van der Waals surface area contributed by atoms with Crippen LogP contribution in [0.1, 0.15) is 149 Å². The Morgan fingerprint density at radius 3 is 1.94 bits per heavy atom. The van der Waals surface area contributed by atoms with Crippen LogP contribution in [0.2, 0.25) is 0 Å². The van der Waals surface area contributed by atoms with Gasteiger partial charge in [0.25, 0.3) is 0 Å². The van der Waals surface area contributed by atoms with Crippen LogP contribution in [0, 0.1) is 11.8 Å². The van der Waals surface area contributed by atoms with Gasteiger partial charge in [-0.05, 0) is 70.1 Å². The summed E-state index contributed by atoms with van der Waals surface area (Å²) in [5.41, 5.74) is 0. The second kappa shape index (κ2) is 35.2. The van der Waals surface area contributed by atoms with E-state index < -0.39 is 84.5 Å². The molecule has 0 amide bonds. The molecule has 1 saturated carbocycles. The molecule has 1 aliphatic carbocycles. The molecule has 0 saturated heterocycles. The van der Waals surface area contributed by atoms with E-state index in [9.17, 15) is 44.0 Å². The minimum atomic E-state index is -4.90. The third-order valence-electron chi connectivity index (χ3n) is 10.3. The average Bonchev–Trinajstić information content (AvgIpc) is 3.49. The van der Waals surface area contributed by atoms with Crippen LogP contribution in [0.25, 0.3) is 0 Å². The molecule has 7 N–H and O–H groups in total. The predicted molar refractivity (Wildman–Crippen MR) is 236 cm³/mol. The largest absolute Gasteiger partial charge is 0.472 e. The van der Waals surface area contributed by atoms with E-state index in [4.69, 9.17) is 23.8 Å². The van der Waals surface area contributed by atoms with Gasteiger partial charge in [-0.1, -0.05) is 114 Å². The number of allylic oxidation sites excluding steroid dienone is 6. The van der Waals surface area contributed by atoms with Crippen molar-refractivity contribution >= 4 is 27.6 Å². The van der Waals surface area contributed by atoms with E-state index in [0.29, 0.717) is 32.1 Å². The smallest absolute Gasteiger partial charge is 0.462 e. The van der Waals surface area contributed by atoms with Gasteiger partial charge in [0.15, 0.2) is 6.10 Å². The van der Waals surface area contributed by atoms with Crippen LogP contribution in [0.4, 0.5) is 0 Å². The van der Waals surface area contributed by atoms with Crippen molar-refractivity contribution in [3.8, 4) is 0 Å². The highest BCUT2D eigenvalue weighted by Gasteiger charge is 2.39. The van der Waals surface area contributed by atoms with Gasteiger partial charge in [0.05, 0.1) is 38.1 Å². The molecule has 0 aromatic heterocycles. The van der Waals surface area contributed by atoms with Gasteiger partial charge in [-0.25, -0.2) is 9.13 Å². The van der Waals surface area contributed by atoms with Crippen molar-refractivity contribution in [3.63, 3.8) is 0 Å². The first-order valence-electron chi connectivity index (χ1n) is 22.6. The van der Waals surface area contributed by atoms with Gasteiger partial charge in [0, 0.05) is 25.2 Å². The summed E-state index contributed by atoms with van der Waals surface area (Å²) in [5, 5.41) is 41.1. The lowest BCUT2D eigenvalue weighted by molar-refractivity contribution is -0.161. The van der Waals surface area contributed by atoms with Crippen molar-refractivity contribution in [2.45, 2.75) is 179 Å². The number of phosphoric ester groups is 2. The lowest BCUT2D eigenvalue weighted by Crippen LogP contribution is -2.29. The summed E-state index contributed by atoms with van der Waals surface area (Å²) in [6, 6.07) is 0. The van der Waals surface area contributed by atoms with E-state index in [1.807, 2.05) is 12.2 Å². The first-order chi connectivity index (χ1) is 29.6. The molecule has 18 heteroatoms. The predicted octanol–water partition coefficient (Wildman–Crippen LogP) is 7.83. The highest BCUT2D eigenvalue weighted by Crippen LogP contribution is 2.44. The molecule has 0 spiro atoms. The molecule has 360 valence electrons. The summed E-state index contributed by atoms with van der Waals surface area (Å²) in [5.74, 6) is -1.76. The molecule has 1 rings (SSSR count). The lowest BCUT2D eigenvalue weighted by atomic mass is 9.89. The topological polar surface area (TPSA) is 256 Å². The van der Waals surface area contributed by atoms with E-state index in [2.05, 4.69) is 47.2 Å². The van der Waals surface area contributed by atoms with E-state index in [1.165, 1.54) is 19.3 Å². The van der Waals surface area contributed by atoms with Gasteiger partial charge in [-0.2, -0.15) is 0 Å². The van der Waals surface area contributed by atoms with Crippen LogP contribution >= 0.6 is 15.6 Å². The maximum Gasteiger partial charge on any atom is 0.472 e. The Hall–Kier alpha value is -2.04. The van der Waals surface area contributed by atoms with Crippen molar-refractivity contribution < 1.29 is 76.9 Å². The highest BCUT2D eigenvalue weighted by molar-refractivity contribution is 7.47. The first-order valence-corrected chi connectivity index (χ1v) is 25.6. The molecule has 0 heterocycles. The minimum Gasteiger partial charge on any atom is -0.462 e. The van der Waals surface area contributed by atoms with Crippen molar-refractivity contribution in [3.05, 3.63) is 48.6 Å². The van der Waals surface area contributed by atoms with Gasteiger partial charge < -0.3 is 44.6 Å². The van der Waals surface area contributed by atoms with Gasteiger partial charge in [0.2, 0.25) is 0 Å². The second-order valence-electron chi connectivity index (χ2n) is 15.9. The molecule has 1 fully saturated rings. The average molecular weight is 925 g/mol. The monoisotopic (exact) mass is 924 g/mol. The van der Waals surface area contributed by atoms with Crippen LogP contribution in [-0.2, 0) is 41.8 Å². The molecule has 1 aliphatic rings. The maximum absolute atomic E-state index is 12.8. The molecule has 62 heavy (non-hydrogen) atoms. The summed E-state index contributed by atoms with van der Waals surface area (Å²) >= 11 is 0. The molecule has 0 aliphatic heterocycles. The second-order valence-corrected chi connectivity index (χ2v) is 18.6. The van der Waals surface area contributed by atoms with E-state index in [0.717, 1.165) is 64.2 Å². The molecule has 0 aromatic carbocycles. The van der Waals surface area contributed by atoms with Crippen LogP contribution in [-0.4, -0.2) is 104 Å². The molecular formula is C44H78O16P2. The Morgan fingerprint density at radius 2 is 1.24 bits per heavy atom. The molecule has 1 unspecified atom stereocenters. The fourth-order valence-electron chi connectivity index (χ4n) is 6.72. The fourth-order valence-corrected chi connectivity index (χ4v) is 7.88. The number of carbonyl (C=O) groups is 2. The Morgan fingerprint density at radius 1 is 0.661 bits per heavy atom. The highest BCUT2D eigenvalue weighted by atomic mass is 31.2. The molecule has 0 radical (unpaired) electrons. The molecule has 0 bridgehead atoms. The van der Waals surface area contributed by atoms with Crippen molar-refractivity contribution in [1.82, 2.24) is 0 Å². The third kappa shape index (κ3) is 31.7. The van der Waals surface area contributed by atoms with Gasteiger partial charge in [0.1, 0.15) is 12.7 Å². The number of unbranched alkanes of at least 4 members (excludes halogenated alkanes) is 11. The number of phosphoric acid groups is 2. The number of carbonyl (C=O) groups excluding carboxylic acids is 2. The number of rotatable bonds is 38. The van der Waals surface area contributed by atoms with E-state index in [1.54, 1.807) is 12.2 Å². The van der Waals surface area contributed by atoms with Gasteiger partial charge in [-0.15, -0.1) is 0 Å². The molecule has 16 nitrogen and oxygen atoms in total. The maximum atomic E-state index is 12.8. The number of hydrogen-bond donors (Lipinski definition) is 7. The summed E-state index contributed by atoms with van der Waals surface area (Å²) < 4.78 is 47.8. The summed E-state index contributed by atoms with van der Waals surface area (Å²) in [6.07, 6.45) is 27.7. The fraction of sp³-hybridized carbons (Fsp3) is 0.773. The van der Waals surface area contributed by atoms with Crippen LogP contribution in [0.15, 0.2) is 48.6 Å². The van der Waals surface area contributed by atoms with Crippen LogP contribution in [0.3, 0.4) is 0 Å². The SMILES string of the molecule is CCCCC/C=C\C/C=C\CCCCCCCC(=O)OC[C@H](COP(=O)(O)OC[C@@H](O)COP(=O)(O)O)OC(=O)CCC/C=C/C[C@@H]1[C@@H](/C=C/[C@@H](O)CCCCC)[C@H](O)C[C@@H]1O. The van der Waals surface area contributed by atoms with Crippen LogP contribution in [0.5, 0.6) is 0 Å². The number of hydrogen-bond acceptors (Lipinski definition) is 13. The number of esters is 2. The minimum absolute atomic E-state index is 0.0498. The first kappa shape index (κ1) is 58.0. The van der Waals surface area contributed by atoms with Gasteiger partial charge >= 0.3 is 27.6 Å². The van der Waals surface area contributed by atoms with Crippen molar-refractivity contribution in [2.75, 3.05) is 26.4 Å². The lowest BCUT2D eigenvalue weighted by Gasteiger charge is -2.20. The normalized spacial score (nSPS) is 21.0. The number of ether oxygens (including phenoxy) is 2. The Bertz CT molecular complexity index is 1400. The quantitative estimate of drug-likeness (QED) is 0.0135. The Balaban J connectivity index is 2.59. The summed E-state index contributed by atoms with van der Waals surface area (Å²) in [6.45, 7) is 1.33. The standard InChI is InChI=1S/C44H78O16P2/c1-3-5-7-8-9-10-11-12-13-14-15-16-17-18-23-27-43(49)56-34-38(35-59-62(54,55)58-33-37(46)32-57-61(51,52)53)60-44(50)28-24-20-19-22-26-39-40(42(48)31-41(39)47)30-29-36(45)25-21-6-4-2/h9-10,12-13,19,22,29-30,36-42,45-48H,3-8,11,14-18,20-21,23-28,31-35H2,1-2H3,(H,54,55)(H2,51,52,53)/b10-9-,13-12-,22-19+,30-29+/t36-,37-,38+,39+,40+,41-,42+/m0/s1. The van der Waals surface area contributed by atoms with Crippen molar-refractivity contribution in [1.29, 1.82) is 0 Å². The number of aliphatic hydroxyl groups excluding tert-OH is 4. The van der Waals surface area contributed by atoms with E-state index >= 15 is 0 Å². The third-order valence-corrected chi connectivity index (χ3v) is 11.7. The Labute approximate surface area is 369 Å². The molecule has 0 aromatic rings. The van der Waals surface area contributed by atoms with E-state index in [-0.39, 0.29) is 31.1 Å². The molecular weight excluding hydrogens is 846 g/mol.